The van der Waals surface area contributed by atoms with Crippen LogP contribution in [-0.2, 0) is 24.2 Å². The van der Waals surface area contributed by atoms with Crippen LogP contribution in [0, 0.1) is 11.9 Å². The van der Waals surface area contributed by atoms with Crippen LogP contribution in [-0.4, -0.2) is 6.61 Å². The van der Waals surface area contributed by atoms with Gasteiger partial charge in [-0.25, -0.2) is 6.92 Å². The standard InChI is InChI=1S/C9H17O.CH2I.Zn/c1-4-7-8-9(5-2)10-6-3;1-2;/h5H,2,4,6-8H2,1,3H3;1H2;/q2*-1;+2/b9-5+;;. The van der Waals surface area contributed by atoms with Crippen molar-refractivity contribution in [2.75, 3.05) is 6.61 Å². The first-order valence-corrected chi connectivity index (χ1v) is 5.75. The van der Waals surface area contributed by atoms with E-state index >= 15 is 0 Å². The minimum absolute atomic E-state index is 0. The summed E-state index contributed by atoms with van der Waals surface area (Å²) in [6, 6.07) is 0. The van der Waals surface area contributed by atoms with Crippen LogP contribution in [0.15, 0.2) is 11.8 Å². The largest absolute Gasteiger partial charge is 2.00 e. The third-order valence-electron chi connectivity index (χ3n) is 1.33. The van der Waals surface area contributed by atoms with E-state index in [9.17, 15) is 0 Å². The number of hydrogen-bond acceptors (Lipinski definition) is 1. The molecule has 0 radical (unpaired) electrons. The van der Waals surface area contributed by atoms with Gasteiger partial charge in [-0.3, -0.25) is 4.93 Å². The molecule has 1 nitrogen and oxygen atoms in total. The van der Waals surface area contributed by atoms with E-state index in [0.29, 0.717) is 0 Å². The maximum Gasteiger partial charge on any atom is 2.00 e. The monoisotopic (exact) mass is 346 g/mol. The summed E-state index contributed by atoms with van der Waals surface area (Å²) < 4.78 is 5.29. The first-order chi connectivity index (χ1) is 5.85. The Kier molecular flexibility index (Phi) is 27.6. The second kappa shape index (κ2) is 18.5. The summed E-state index contributed by atoms with van der Waals surface area (Å²) in [5.41, 5.74) is 0. The van der Waals surface area contributed by atoms with E-state index in [1.807, 2.05) is 29.5 Å². The van der Waals surface area contributed by atoms with E-state index in [1.165, 1.54) is 12.8 Å². The molecule has 0 aromatic carbocycles. The van der Waals surface area contributed by atoms with Crippen LogP contribution in [0.25, 0.3) is 0 Å². The molecule has 0 bridgehead atoms. The number of hydrogen-bond donors (Lipinski definition) is 0. The smallest absolute Gasteiger partial charge is 0.583 e. The van der Waals surface area contributed by atoms with Crippen LogP contribution in [0.4, 0.5) is 0 Å². The van der Waals surface area contributed by atoms with Crippen molar-refractivity contribution >= 4 is 22.6 Å². The van der Waals surface area contributed by atoms with Crippen molar-refractivity contribution in [1.29, 1.82) is 0 Å². The average molecular weight is 348 g/mol. The Labute approximate surface area is 110 Å². The Morgan fingerprint density at radius 2 is 1.92 bits per heavy atom. The van der Waals surface area contributed by atoms with Gasteiger partial charge in [0.25, 0.3) is 0 Å². The van der Waals surface area contributed by atoms with Crippen LogP contribution >= 0.6 is 22.6 Å². The van der Waals surface area contributed by atoms with Gasteiger partial charge in [-0.2, -0.15) is 6.08 Å². The van der Waals surface area contributed by atoms with Crippen molar-refractivity contribution < 1.29 is 24.2 Å². The van der Waals surface area contributed by atoms with Crippen LogP contribution in [0.5, 0.6) is 0 Å². The van der Waals surface area contributed by atoms with Gasteiger partial charge < -0.3 is 27.3 Å². The summed E-state index contributed by atoms with van der Waals surface area (Å²) in [4.78, 5) is 3.22. The van der Waals surface area contributed by atoms with E-state index in [0.717, 1.165) is 18.8 Å². The third-order valence-corrected chi connectivity index (χ3v) is 1.33. The van der Waals surface area contributed by atoms with Crippen molar-refractivity contribution in [3.05, 3.63) is 23.7 Å². The molecule has 0 spiro atoms. The zero-order chi connectivity index (χ0) is 9.82. The molecule has 0 rings (SSSR count). The molecular formula is C10H19IOZn. The van der Waals surface area contributed by atoms with E-state index < -0.39 is 0 Å². The summed E-state index contributed by atoms with van der Waals surface area (Å²) in [5.74, 6) is 1.03. The van der Waals surface area contributed by atoms with Crippen molar-refractivity contribution in [3.63, 3.8) is 0 Å². The third kappa shape index (κ3) is 15.5. The van der Waals surface area contributed by atoms with Gasteiger partial charge >= 0.3 is 19.5 Å². The Bertz CT molecular complexity index is 105. The number of allylic oxidation sites excluding steroid dienone is 2. The first kappa shape index (κ1) is 19.4. The summed E-state index contributed by atoms with van der Waals surface area (Å²) in [7, 11) is 0. The summed E-state index contributed by atoms with van der Waals surface area (Å²) in [6.45, 7) is 8.59. The summed E-state index contributed by atoms with van der Waals surface area (Å²) >= 11 is 1.90. The van der Waals surface area contributed by atoms with Crippen LogP contribution in [0.3, 0.4) is 0 Å². The zero-order valence-electron chi connectivity index (χ0n) is 8.81. The number of unbranched alkanes of at least 4 members (excludes halogenated alkanes) is 1. The Morgan fingerprint density at radius 3 is 2.23 bits per heavy atom. The molecule has 13 heavy (non-hydrogen) atoms. The fourth-order valence-corrected chi connectivity index (χ4v) is 0.770. The molecule has 0 amide bonds. The van der Waals surface area contributed by atoms with Gasteiger partial charge in [-0.15, -0.1) is 0 Å². The van der Waals surface area contributed by atoms with E-state index in [4.69, 9.17) is 4.74 Å². The summed E-state index contributed by atoms with van der Waals surface area (Å²) in [6.07, 6.45) is 5.25. The molecule has 0 saturated heterocycles. The maximum atomic E-state index is 5.29. The van der Waals surface area contributed by atoms with Crippen molar-refractivity contribution in [3.8, 4) is 0 Å². The molecule has 0 N–H and O–H groups in total. The minimum Gasteiger partial charge on any atom is -0.583 e. The van der Waals surface area contributed by atoms with Gasteiger partial charge in [0.2, 0.25) is 0 Å². The Balaban J connectivity index is -0.000000309. The molecule has 0 aliphatic heterocycles. The molecule has 0 aliphatic rings. The fourth-order valence-electron chi connectivity index (χ4n) is 0.770. The Hall–Kier alpha value is 0.763. The fraction of sp³-hybridized carbons (Fsp3) is 0.600. The van der Waals surface area contributed by atoms with Crippen molar-refractivity contribution in [2.45, 2.75) is 33.1 Å². The van der Waals surface area contributed by atoms with Gasteiger partial charge in [0.15, 0.2) is 0 Å². The molecule has 0 atom stereocenters. The Morgan fingerprint density at radius 1 is 1.38 bits per heavy atom. The van der Waals surface area contributed by atoms with E-state index in [-0.39, 0.29) is 19.5 Å². The molecule has 0 aromatic heterocycles. The number of halogens is 1. The second-order valence-electron chi connectivity index (χ2n) is 2.21. The summed E-state index contributed by atoms with van der Waals surface area (Å²) in [5, 5.41) is 0. The average Bonchev–Trinajstić information content (AvgIpc) is 2.15. The quantitative estimate of drug-likeness (QED) is 0.314. The molecule has 0 aliphatic carbocycles. The molecule has 0 fully saturated rings. The minimum atomic E-state index is 0. The predicted octanol–water partition coefficient (Wildman–Crippen LogP) is 4.14. The molecule has 0 saturated carbocycles. The molecule has 74 valence electrons. The van der Waals surface area contributed by atoms with Gasteiger partial charge in [-0.1, -0.05) is 31.9 Å². The zero-order valence-corrected chi connectivity index (χ0v) is 13.9. The van der Waals surface area contributed by atoms with Crippen LogP contribution in [0.2, 0.25) is 0 Å². The second-order valence-corrected chi connectivity index (χ2v) is 2.21. The molecule has 3 heteroatoms. The van der Waals surface area contributed by atoms with Gasteiger partial charge in [0.1, 0.15) is 0 Å². The van der Waals surface area contributed by atoms with Gasteiger partial charge in [-0.05, 0) is 6.92 Å². The SMILES string of the molecule is [CH2-]/C=C(\CCCC)OCC.[CH2-]I.[Zn+2]. The molecule has 0 unspecified atom stereocenters. The van der Waals surface area contributed by atoms with Gasteiger partial charge in [0.05, 0.1) is 6.61 Å². The normalized spacial score (nSPS) is 9.38. The predicted molar refractivity (Wildman–Crippen MR) is 64.0 cm³/mol. The van der Waals surface area contributed by atoms with Gasteiger partial charge in [0, 0.05) is 0 Å². The molecule has 0 aromatic rings. The number of rotatable bonds is 5. The van der Waals surface area contributed by atoms with Crippen LogP contribution in [0.1, 0.15) is 33.1 Å². The van der Waals surface area contributed by atoms with Crippen molar-refractivity contribution in [1.82, 2.24) is 0 Å². The first-order valence-electron chi connectivity index (χ1n) is 4.22. The maximum absolute atomic E-state index is 5.29. The van der Waals surface area contributed by atoms with E-state index in [2.05, 4.69) is 18.8 Å². The van der Waals surface area contributed by atoms with Crippen molar-refractivity contribution in [2.24, 2.45) is 0 Å². The van der Waals surface area contributed by atoms with Crippen LogP contribution < -0.4 is 0 Å². The topological polar surface area (TPSA) is 9.23 Å². The molecule has 0 heterocycles. The van der Waals surface area contributed by atoms with E-state index in [1.54, 1.807) is 6.08 Å². The number of ether oxygens (including phenoxy) is 1. The molecular weight excluding hydrogens is 328 g/mol.